The summed E-state index contributed by atoms with van der Waals surface area (Å²) >= 11 is 0. The number of nitrogens with zero attached hydrogens (tertiary/aromatic N) is 6. The summed E-state index contributed by atoms with van der Waals surface area (Å²) in [6.45, 7) is 5.35. The normalized spacial score (nSPS) is 19.6. The summed E-state index contributed by atoms with van der Waals surface area (Å²) in [5.74, 6) is -2.48. The van der Waals surface area contributed by atoms with Gasteiger partial charge in [0.25, 0.3) is 0 Å². The lowest BCUT2D eigenvalue weighted by Crippen LogP contribution is -2.53. The number of aliphatic carboxylic acids is 1. The summed E-state index contributed by atoms with van der Waals surface area (Å²) in [6.07, 6.45) is -2.19. The molecule has 4 heterocycles. The van der Waals surface area contributed by atoms with E-state index in [2.05, 4.69) is 21.8 Å². The zero-order valence-electron chi connectivity index (χ0n) is 22.5. The topological polar surface area (TPSA) is 85.7 Å². The second-order valence-corrected chi connectivity index (χ2v) is 10.5. The molecule has 2 atom stereocenters. The molecule has 8 nitrogen and oxygen atoms in total. The van der Waals surface area contributed by atoms with Crippen LogP contribution in [0, 0.1) is 11.6 Å². The van der Waals surface area contributed by atoms with Crippen LogP contribution in [0.15, 0.2) is 36.5 Å². The lowest BCUT2D eigenvalue weighted by atomic mass is 10.1. The van der Waals surface area contributed by atoms with Crippen LogP contribution >= 0.6 is 0 Å². The molecule has 1 N–H and O–H groups in total. The molecule has 2 aromatic heterocycles. The Kier molecular flexibility index (Phi) is 7.71. The molecule has 0 spiro atoms. The monoisotopic (exact) mass is 576 g/mol. The first-order valence-electron chi connectivity index (χ1n) is 13.3. The first-order valence-corrected chi connectivity index (χ1v) is 13.3. The van der Waals surface area contributed by atoms with Crippen molar-refractivity contribution in [3.63, 3.8) is 0 Å². The van der Waals surface area contributed by atoms with Gasteiger partial charge in [-0.1, -0.05) is 0 Å². The molecule has 3 aromatic rings. The molecular weight excluding hydrogens is 547 g/mol. The number of carbonyl (C=O) groups is 1. The summed E-state index contributed by atoms with van der Waals surface area (Å²) in [6, 6.07) is 5.98. The van der Waals surface area contributed by atoms with Gasteiger partial charge in [0, 0.05) is 56.1 Å². The standard InChI is InChI=1S/C28H29F5N6O2/c1-16-4-3-7-39(16)27-35-23(19-5-6-21(29)22(30)12-19)13-24(36-27)38-9-8-37(15-17(38)2)26-20(28(31,32)33)10-18(14-34-26)11-25(40)41/h5-6,10,12-14,16-17H,3-4,7-9,11,15H2,1-2H3,(H,40,41)/t16-,17-/m0/s1. The minimum absolute atomic E-state index is 0.0327. The third-order valence-electron chi connectivity index (χ3n) is 7.53. The van der Waals surface area contributed by atoms with Crippen LogP contribution in [0.25, 0.3) is 11.3 Å². The zero-order valence-corrected chi connectivity index (χ0v) is 22.5. The Labute approximate surface area is 233 Å². The molecule has 2 saturated heterocycles. The Morgan fingerprint density at radius 2 is 1.78 bits per heavy atom. The van der Waals surface area contributed by atoms with Crippen molar-refractivity contribution in [3.8, 4) is 11.3 Å². The van der Waals surface area contributed by atoms with Gasteiger partial charge in [-0.15, -0.1) is 0 Å². The predicted molar refractivity (Wildman–Crippen MR) is 143 cm³/mol. The van der Waals surface area contributed by atoms with Crippen LogP contribution in [0.4, 0.5) is 39.5 Å². The van der Waals surface area contributed by atoms with Gasteiger partial charge in [-0.05, 0) is 56.5 Å². The van der Waals surface area contributed by atoms with Crippen molar-refractivity contribution in [1.82, 2.24) is 15.0 Å². The fourth-order valence-electron chi connectivity index (χ4n) is 5.45. The number of hydrogen-bond acceptors (Lipinski definition) is 7. The van der Waals surface area contributed by atoms with E-state index in [9.17, 15) is 26.7 Å². The van der Waals surface area contributed by atoms with E-state index in [1.807, 2.05) is 11.8 Å². The van der Waals surface area contributed by atoms with E-state index in [4.69, 9.17) is 10.1 Å². The highest BCUT2D eigenvalue weighted by atomic mass is 19.4. The molecule has 0 saturated carbocycles. The van der Waals surface area contributed by atoms with Gasteiger partial charge in [0.05, 0.1) is 17.7 Å². The number of pyridine rings is 1. The van der Waals surface area contributed by atoms with Crippen molar-refractivity contribution in [2.45, 2.75) is 51.4 Å². The fourth-order valence-corrected chi connectivity index (χ4v) is 5.45. The highest BCUT2D eigenvalue weighted by Gasteiger charge is 2.38. The molecule has 2 aliphatic rings. The van der Waals surface area contributed by atoms with Gasteiger partial charge < -0.3 is 19.8 Å². The van der Waals surface area contributed by atoms with Gasteiger partial charge in [0.1, 0.15) is 11.6 Å². The van der Waals surface area contributed by atoms with Gasteiger partial charge in [-0.3, -0.25) is 4.79 Å². The van der Waals surface area contributed by atoms with E-state index in [0.29, 0.717) is 29.6 Å². The average molecular weight is 577 g/mol. The molecule has 1 aromatic carbocycles. The van der Waals surface area contributed by atoms with Crippen LogP contribution in [-0.4, -0.2) is 64.3 Å². The quantitative estimate of drug-likeness (QED) is 0.403. The maximum Gasteiger partial charge on any atom is 0.419 e. The van der Waals surface area contributed by atoms with Crippen LogP contribution in [0.1, 0.15) is 37.8 Å². The number of anilines is 3. The lowest BCUT2D eigenvalue weighted by molar-refractivity contribution is -0.138. The van der Waals surface area contributed by atoms with Crippen molar-refractivity contribution in [1.29, 1.82) is 0 Å². The lowest BCUT2D eigenvalue weighted by Gasteiger charge is -2.42. The van der Waals surface area contributed by atoms with E-state index in [1.165, 1.54) is 11.0 Å². The number of hydrogen-bond donors (Lipinski definition) is 1. The van der Waals surface area contributed by atoms with Crippen molar-refractivity contribution in [2.24, 2.45) is 0 Å². The van der Waals surface area contributed by atoms with E-state index >= 15 is 0 Å². The van der Waals surface area contributed by atoms with Crippen LogP contribution in [-0.2, 0) is 17.4 Å². The van der Waals surface area contributed by atoms with E-state index < -0.39 is 35.8 Å². The van der Waals surface area contributed by atoms with Crippen molar-refractivity contribution in [3.05, 3.63) is 59.3 Å². The molecule has 41 heavy (non-hydrogen) atoms. The van der Waals surface area contributed by atoms with Gasteiger partial charge in [-0.25, -0.2) is 18.7 Å². The van der Waals surface area contributed by atoms with Gasteiger partial charge >= 0.3 is 12.1 Å². The highest BCUT2D eigenvalue weighted by molar-refractivity contribution is 5.70. The van der Waals surface area contributed by atoms with Gasteiger partial charge in [-0.2, -0.15) is 18.2 Å². The smallest absolute Gasteiger partial charge is 0.419 e. The molecule has 5 rings (SSSR count). The Morgan fingerprint density at radius 3 is 2.41 bits per heavy atom. The van der Waals surface area contributed by atoms with Crippen LogP contribution < -0.4 is 14.7 Å². The number of alkyl halides is 3. The Morgan fingerprint density at radius 1 is 1.00 bits per heavy atom. The molecule has 2 fully saturated rings. The second kappa shape index (κ2) is 11.1. The number of halogens is 5. The molecule has 0 unspecified atom stereocenters. The number of aromatic nitrogens is 3. The number of rotatable bonds is 6. The average Bonchev–Trinajstić information content (AvgIpc) is 3.35. The summed E-state index contributed by atoms with van der Waals surface area (Å²) in [7, 11) is 0. The predicted octanol–water partition coefficient (Wildman–Crippen LogP) is 5.17. The van der Waals surface area contributed by atoms with Gasteiger partial charge in [0.2, 0.25) is 5.95 Å². The van der Waals surface area contributed by atoms with E-state index in [-0.39, 0.29) is 36.6 Å². The maximum absolute atomic E-state index is 14.1. The zero-order chi connectivity index (χ0) is 29.5. The van der Waals surface area contributed by atoms with Crippen LogP contribution in [0.2, 0.25) is 0 Å². The van der Waals surface area contributed by atoms with Crippen molar-refractivity contribution >= 4 is 23.6 Å². The largest absolute Gasteiger partial charge is 0.481 e. The van der Waals surface area contributed by atoms with Crippen molar-refractivity contribution < 1.29 is 31.9 Å². The molecule has 13 heteroatoms. The molecule has 0 aliphatic carbocycles. The molecule has 0 bridgehead atoms. The summed E-state index contributed by atoms with van der Waals surface area (Å²) < 4.78 is 69.6. The van der Waals surface area contributed by atoms with E-state index in [1.54, 1.807) is 6.07 Å². The number of piperazine rings is 1. The molecular formula is C28H29F5N6O2. The first kappa shape index (κ1) is 28.5. The minimum atomic E-state index is -4.72. The summed E-state index contributed by atoms with van der Waals surface area (Å²) in [4.78, 5) is 30.1. The second-order valence-electron chi connectivity index (χ2n) is 10.5. The SMILES string of the molecule is C[C@H]1CN(c2ncc(CC(=O)O)cc2C(F)(F)F)CCN1c1cc(-c2ccc(F)c(F)c2)nc(N2CCC[C@@H]2C)n1. The summed E-state index contributed by atoms with van der Waals surface area (Å²) in [5.41, 5.74) is -0.223. The minimum Gasteiger partial charge on any atom is -0.481 e. The molecule has 0 amide bonds. The fraction of sp³-hybridized carbons (Fsp3) is 0.429. The Balaban J connectivity index is 1.46. The number of carboxylic acids is 1. The van der Waals surface area contributed by atoms with Crippen LogP contribution in [0.5, 0.6) is 0 Å². The van der Waals surface area contributed by atoms with E-state index in [0.717, 1.165) is 43.8 Å². The summed E-state index contributed by atoms with van der Waals surface area (Å²) in [5, 5.41) is 9.00. The Hall–Kier alpha value is -4.03. The number of benzene rings is 1. The van der Waals surface area contributed by atoms with Crippen molar-refractivity contribution in [2.75, 3.05) is 40.9 Å². The molecule has 2 aliphatic heterocycles. The Bertz CT molecular complexity index is 1450. The third-order valence-corrected chi connectivity index (χ3v) is 7.53. The maximum atomic E-state index is 14.1. The third kappa shape index (κ3) is 6.03. The van der Waals surface area contributed by atoms with Crippen LogP contribution in [0.3, 0.4) is 0 Å². The number of carboxylic acid groups (broad SMARTS) is 1. The highest BCUT2D eigenvalue weighted by Crippen LogP contribution is 2.37. The molecule has 218 valence electrons. The molecule has 0 radical (unpaired) electrons. The first-order chi connectivity index (χ1) is 19.4. The van der Waals surface area contributed by atoms with Gasteiger partial charge in [0.15, 0.2) is 11.6 Å².